The second-order valence-corrected chi connectivity index (χ2v) is 4.25. The smallest absolute Gasteiger partial charge is 0.338 e. The lowest BCUT2D eigenvalue weighted by Crippen LogP contribution is -2.06. The molecule has 18 heavy (non-hydrogen) atoms. The van der Waals surface area contributed by atoms with Gasteiger partial charge in [0.1, 0.15) is 5.82 Å². The van der Waals surface area contributed by atoms with Gasteiger partial charge < -0.3 is 5.11 Å². The number of carboxylic acids is 1. The van der Waals surface area contributed by atoms with Gasteiger partial charge in [-0.25, -0.2) is 9.18 Å². The number of halogens is 1. The summed E-state index contributed by atoms with van der Waals surface area (Å²) in [7, 11) is 0. The molecule has 5 heteroatoms. The summed E-state index contributed by atoms with van der Waals surface area (Å²) in [5.74, 6) is -2.01. The third kappa shape index (κ3) is 2.11. The van der Waals surface area contributed by atoms with Crippen molar-refractivity contribution in [1.82, 2.24) is 9.78 Å². The molecule has 94 valence electrons. The number of carbonyl (C=O) groups is 1. The number of aromatic nitrogens is 2. The molecule has 0 aliphatic heterocycles. The maximum absolute atomic E-state index is 13.3. The Morgan fingerprint density at radius 2 is 2.11 bits per heavy atom. The van der Waals surface area contributed by atoms with Gasteiger partial charge in [-0.1, -0.05) is 0 Å². The number of hydrogen-bond acceptors (Lipinski definition) is 2. The van der Waals surface area contributed by atoms with E-state index < -0.39 is 11.8 Å². The molecular weight excluding hydrogens is 235 g/mol. The lowest BCUT2D eigenvalue weighted by Gasteiger charge is -2.11. The molecule has 1 N–H and O–H groups in total. The van der Waals surface area contributed by atoms with Crippen LogP contribution in [0.3, 0.4) is 0 Å². The molecule has 1 aromatic carbocycles. The average Bonchev–Trinajstić information content (AvgIpc) is 2.78. The van der Waals surface area contributed by atoms with Crippen molar-refractivity contribution < 1.29 is 14.3 Å². The Morgan fingerprint density at radius 3 is 2.72 bits per heavy atom. The number of hydrogen-bond donors (Lipinski definition) is 1. The van der Waals surface area contributed by atoms with Gasteiger partial charge in [-0.3, -0.25) is 4.68 Å². The molecule has 0 fully saturated rings. The molecule has 0 saturated carbocycles. The highest BCUT2D eigenvalue weighted by Crippen LogP contribution is 2.24. The summed E-state index contributed by atoms with van der Waals surface area (Å²) in [6, 6.07) is 5.97. The Labute approximate surface area is 104 Å². The fraction of sp³-hybridized carbons (Fsp3) is 0.231. The number of carboxylic acid groups (broad SMARTS) is 1. The highest BCUT2D eigenvalue weighted by molar-refractivity contribution is 5.89. The molecule has 0 bridgehead atoms. The van der Waals surface area contributed by atoms with Gasteiger partial charge >= 0.3 is 5.97 Å². The van der Waals surface area contributed by atoms with Crippen LogP contribution >= 0.6 is 0 Å². The van der Waals surface area contributed by atoms with E-state index in [1.807, 2.05) is 13.8 Å². The van der Waals surface area contributed by atoms with E-state index in [0.717, 1.165) is 11.8 Å². The van der Waals surface area contributed by atoms with E-state index in [0.29, 0.717) is 5.56 Å². The number of nitrogens with zero attached hydrogens (tertiary/aromatic N) is 2. The van der Waals surface area contributed by atoms with Gasteiger partial charge in [-0.2, -0.15) is 5.10 Å². The van der Waals surface area contributed by atoms with E-state index in [1.165, 1.54) is 6.07 Å². The lowest BCUT2D eigenvalue weighted by atomic mass is 10.1. The van der Waals surface area contributed by atoms with E-state index in [-0.39, 0.29) is 11.6 Å². The Hall–Kier alpha value is -2.17. The third-order valence-electron chi connectivity index (χ3n) is 2.65. The lowest BCUT2D eigenvalue weighted by molar-refractivity contribution is 0.0692. The summed E-state index contributed by atoms with van der Waals surface area (Å²) in [5.41, 5.74) is 1.08. The predicted octanol–water partition coefficient (Wildman–Crippen LogP) is 2.97. The summed E-state index contributed by atoms with van der Waals surface area (Å²) in [5, 5.41) is 13.1. The predicted molar refractivity (Wildman–Crippen MR) is 65.0 cm³/mol. The van der Waals surface area contributed by atoms with E-state index in [9.17, 15) is 9.18 Å². The minimum atomic E-state index is -1.27. The quantitative estimate of drug-likeness (QED) is 0.908. The van der Waals surface area contributed by atoms with Crippen LogP contribution in [0.4, 0.5) is 4.39 Å². The molecule has 0 spiro atoms. The van der Waals surface area contributed by atoms with Crippen molar-refractivity contribution in [2.45, 2.75) is 19.9 Å². The summed E-state index contributed by atoms with van der Waals surface area (Å²) in [6.07, 6.45) is 1.64. The molecule has 0 amide bonds. The maximum Gasteiger partial charge on any atom is 0.338 e. The van der Waals surface area contributed by atoms with Crippen molar-refractivity contribution in [1.29, 1.82) is 0 Å². The largest absolute Gasteiger partial charge is 0.478 e. The van der Waals surface area contributed by atoms with Gasteiger partial charge in [0, 0.05) is 17.8 Å². The van der Waals surface area contributed by atoms with Crippen LogP contribution < -0.4 is 0 Å². The van der Waals surface area contributed by atoms with Crippen LogP contribution in [0.25, 0.3) is 11.3 Å². The van der Waals surface area contributed by atoms with Crippen molar-refractivity contribution in [3.05, 3.63) is 41.8 Å². The summed E-state index contributed by atoms with van der Waals surface area (Å²) >= 11 is 0. The number of benzene rings is 1. The van der Waals surface area contributed by atoms with Crippen molar-refractivity contribution in [2.75, 3.05) is 0 Å². The van der Waals surface area contributed by atoms with E-state index >= 15 is 0 Å². The third-order valence-corrected chi connectivity index (χ3v) is 2.65. The van der Waals surface area contributed by atoms with Crippen LogP contribution in [-0.4, -0.2) is 20.9 Å². The van der Waals surface area contributed by atoms with Crippen molar-refractivity contribution in [2.24, 2.45) is 0 Å². The fourth-order valence-electron chi connectivity index (χ4n) is 1.80. The Bertz CT molecular complexity index is 590. The zero-order chi connectivity index (χ0) is 13.3. The normalized spacial score (nSPS) is 10.9. The molecule has 2 rings (SSSR count). The summed E-state index contributed by atoms with van der Waals surface area (Å²) < 4.78 is 15.1. The summed E-state index contributed by atoms with van der Waals surface area (Å²) in [4.78, 5) is 10.9. The molecule has 0 radical (unpaired) electrons. The first kappa shape index (κ1) is 12.3. The van der Waals surface area contributed by atoms with Gasteiger partial charge in [0.05, 0.1) is 11.3 Å². The zero-order valence-electron chi connectivity index (χ0n) is 10.1. The molecule has 1 heterocycles. The Morgan fingerprint density at radius 1 is 1.39 bits per heavy atom. The zero-order valence-corrected chi connectivity index (χ0v) is 10.1. The van der Waals surface area contributed by atoms with Crippen molar-refractivity contribution in [3.8, 4) is 11.3 Å². The molecule has 0 saturated heterocycles. The SMILES string of the molecule is CC(C)n1nccc1-c1ccc(F)c(C(=O)O)c1. The van der Waals surface area contributed by atoms with Gasteiger partial charge in [-0.15, -0.1) is 0 Å². The van der Waals surface area contributed by atoms with E-state index in [4.69, 9.17) is 5.11 Å². The van der Waals surface area contributed by atoms with Crippen LogP contribution in [-0.2, 0) is 0 Å². The standard InChI is InChI=1S/C13H13FN2O2/c1-8(2)16-12(5-6-15-16)9-3-4-11(14)10(7-9)13(17)18/h3-8H,1-2H3,(H,17,18). The van der Waals surface area contributed by atoms with E-state index in [2.05, 4.69) is 5.10 Å². The first-order valence-electron chi connectivity index (χ1n) is 5.57. The van der Waals surface area contributed by atoms with Crippen LogP contribution in [0.5, 0.6) is 0 Å². The van der Waals surface area contributed by atoms with Gasteiger partial charge in [0.2, 0.25) is 0 Å². The Balaban J connectivity index is 2.54. The Kier molecular flexibility index (Phi) is 3.14. The van der Waals surface area contributed by atoms with Gasteiger partial charge in [-0.05, 0) is 38.1 Å². The van der Waals surface area contributed by atoms with Crippen LogP contribution in [0, 0.1) is 5.82 Å². The molecule has 0 atom stereocenters. The topological polar surface area (TPSA) is 55.1 Å². The first-order valence-corrected chi connectivity index (χ1v) is 5.57. The second kappa shape index (κ2) is 4.60. The molecule has 4 nitrogen and oxygen atoms in total. The minimum Gasteiger partial charge on any atom is -0.478 e. The second-order valence-electron chi connectivity index (χ2n) is 4.25. The molecule has 1 aromatic heterocycles. The minimum absolute atomic E-state index is 0.147. The average molecular weight is 248 g/mol. The highest BCUT2D eigenvalue weighted by atomic mass is 19.1. The van der Waals surface area contributed by atoms with Crippen LogP contribution in [0.15, 0.2) is 30.5 Å². The van der Waals surface area contributed by atoms with Gasteiger partial charge in [0.15, 0.2) is 0 Å². The summed E-state index contributed by atoms with van der Waals surface area (Å²) in [6.45, 7) is 3.94. The van der Waals surface area contributed by atoms with Crippen LogP contribution in [0.2, 0.25) is 0 Å². The van der Waals surface area contributed by atoms with Crippen LogP contribution in [0.1, 0.15) is 30.2 Å². The molecule has 0 unspecified atom stereocenters. The van der Waals surface area contributed by atoms with E-state index in [1.54, 1.807) is 23.0 Å². The maximum atomic E-state index is 13.3. The molecule has 2 aromatic rings. The van der Waals surface area contributed by atoms with Crippen molar-refractivity contribution >= 4 is 5.97 Å². The number of rotatable bonds is 3. The fourth-order valence-corrected chi connectivity index (χ4v) is 1.80. The monoisotopic (exact) mass is 248 g/mol. The molecular formula is C13H13FN2O2. The first-order chi connectivity index (χ1) is 8.50. The molecule has 0 aliphatic carbocycles. The van der Waals surface area contributed by atoms with Gasteiger partial charge in [0.25, 0.3) is 0 Å². The molecule has 0 aliphatic rings. The van der Waals surface area contributed by atoms with Crippen molar-refractivity contribution in [3.63, 3.8) is 0 Å². The number of aromatic carboxylic acids is 1. The highest BCUT2D eigenvalue weighted by Gasteiger charge is 2.14.